The van der Waals surface area contributed by atoms with E-state index in [1.165, 1.54) is 12.3 Å². The third-order valence-electron chi connectivity index (χ3n) is 4.76. The average Bonchev–Trinajstić information content (AvgIpc) is 3.26. The molecular weight excluding hydrogens is 357 g/mol. The Morgan fingerprint density at radius 1 is 1.35 bits per heavy atom. The summed E-state index contributed by atoms with van der Waals surface area (Å²) in [5.74, 6) is 1.91. The van der Waals surface area contributed by atoms with Crippen LogP contribution in [0.1, 0.15) is 30.4 Å². The molecule has 1 aliphatic heterocycles. The molecule has 0 aliphatic carbocycles. The number of pyridine rings is 1. The Balaban J connectivity index is 1.54. The summed E-state index contributed by atoms with van der Waals surface area (Å²) in [7, 11) is 1.97. The number of rotatable bonds is 4. The summed E-state index contributed by atoms with van der Waals surface area (Å²) in [4.78, 5) is 10.2. The van der Waals surface area contributed by atoms with Crippen molar-refractivity contribution in [3.05, 3.63) is 53.5 Å². The van der Waals surface area contributed by atoms with E-state index in [0.717, 1.165) is 31.0 Å². The number of nitrogens with zero attached hydrogens (tertiary/aromatic N) is 7. The number of halogens is 2. The van der Waals surface area contributed by atoms with Gasteiger partial charge in [-0.15, -0.1) is 10.2 Å². The largest absolute Gasteiger partial charge is 0.353 e. The van der Waals surface area contributed by atoms with Crippen molar-refractivity contribution in [1.82, 2.24) is 29.3 Å². The van der Waals surface area contributed by atoms with Gasteiger partial charge in [0.15, 0.2) is 17.5 Å². The zero-order valence-electron chi connectivity index (χ0n) is 14.4. The Morgan fingerprint density at radius 2 is 2.23 bits per heavy atom. The second kappa shape index (κ2) is 7.03. The molecule has 0 saturated carbocycles. The third kappa shape index (κ3) is 3.29. The molecule has 0 bridgehead atoms. The van der Waals surface area contributed by atoms with Gasteiger partial charge in [0.2, 0.25) is 0 Å². The molecule has 1 fully saturated rings. The molecular formula is C17H19ClFN7. The Hall–Kier alpha value is -2.48. The maximum absolute atomic E-state index is 14.2. The molecule has 1 aliphatic rings. The first-order valence-electron chi connectivity index (χ1n) is 8.51. The first kappa shape index (κ1) is 17.0. The van der Waals surface area contributed by atoms with Gasteiger partial charge >= 0.3 is 0 Å². The van der Waals surface area contributed by atoms with Crippen molar-refractivity contribution >= 4 is 17.4 Å². The summed E-state index contributed by atoms with van der Waals surface area (Å²) in [6, 6.07) is 1.30. The van der Waals surface area contributed by atoms with Crippen molar-refractivity contribution in [3.8, 4) is 0 Å². The van der Waals surface area contributed by atoms with E-state index in [1.54, 1.807) is 12.5 Å². The highest BCUT2D eigenvalue weighted by atomic mass is 35.5. The van der Waals surface area contributed by atoms with Gasteiger partial charge in [0.1, 0.15) is 5.82 Å². The molecule has 0 radical (unpaired) electrons. The minimum atomic E-state index is -0.392. The molecule has 0 spiro atoms. The molecule has 7 nitrogen and oxygen atoms in total. The molecule has 136 valence electrons. The van der Waals surface area contributed by atoms with Crippen molar-refractivity contribution in [2.75, 3.05) is 18.0 Å². The van der Waals surface area contributed by atoms with E-state index in [-0.39, 0.29) is 5.92 Å². The van der Waals surface area contributed by atoms with Gasteiger partial charge in [-0.2, -0.15) is 0 Å². The molecule has 4 rings (SSSR count). The Labute approximate surface area is 155 Å². The number of piperidine rings is 1. The minimum absolute atomic E-state index is 0.176. The third-order valence-corrected chi connectivity index (χ3v) is 4.96. The van der Waals surface area contributed by atoms with Crippen molar-refractivity contribution in [2.24, 2.45) is 7.05 Å². The van der Waals surface area contributed by atoms with Gasteiger partial charge in [-0.25, -0.2) is 14.4 Å². The maximum Gasteiger partial charge on any atom is 0.167 e. The molecule has 1 saturated heterocycles. The minimum Gasteiger partial charge on any atom is -0.353 e. The highest BCUT2D eigenvalue weighted by molar-refractivity contribution is 6.30. The summed E-state index contributed by atoms with van der Waals surface area (Å²) < 4.78 is 18.2. The molecule has 3 aromatic heterocycles. The molecule has 1 atom stereocenters. The highest BCUT2D eigenvalue weighted by Crippen LogP contribution is 2.30. The molecule has 4 heterocycles. The van der Waals surface area contributed by atoms with E-state index < -0.39 is 5.82 Å². The smallest absolute Gasteiger partial charge is 0.167 e. The van der Waals surface area contributed by atoms with Crippen LogP contribution in [0.4, 0.5) is 10.2 Å². The fourth-order valence-electron chi connectivity index (χ4n) is 3.43. The Bertz CT molecular complexity index is 893. The molecule has 0 aromatic carbocycles. The van der Waals surface area contributed by atoms with Crippen molar-refractivity contribution < 1.29 is 4.39 Å². The SMILES string of the molecule is Cn1c(Cn2ccnc2)nnc1[C@H]1CCCN(c2ncc(Cl)cc2F)C1. The quantitative estimate of drug-likeness (QED) is 0.701. The van der Waals surface area contributed by atoms with Gasteiger partial charge in [-0.1, -0.05) is 11.6 Å². The van der Waals surface area contributed by atoms with Crippen LogP contribution >= 0.6 is 11.6 Å². The van der Waals surface area contributed by atoms with Crippen molar-refractivity contribution in [1.29, 1.82) is 0 Å². The van der Waals surface area contributed by atoms with Gasteiger partial charge in [-0.05, 0) is 18.9 Å². The van der Waals surface area contributed by atoms with E-state index in [1.807, 2.05) is 27.3 Å². The lowest BCUT2D eigenvalue weighted by Crippen LogP contribution is -2.36. The molecule has 0 amide bonds. The standard InChI is InChI=1S/C17H19ClFN7/c1-24-15(10-25-6-4-20-11-25)22-23-16(24)12-3-2-5-26(9-12)17-14(19)7-13(18)8-21-17/h4,6-8,11-12H,2-3,5,9-10H2,1H3/t12-/m0/s1. The van der Waals surface area contributed by atoms with E-state index in [9.17, 15) is 4.39 Å². The monoisotopic (exact) mass is 375 g/mol. The summed E-state index contributed by atoms with van der Waals surface area (Å²) in [5.41, 5.74) is 0. The van der Waals surface area contributed by atoms with Crippen molar-refractivity contribution in [2.45, 2.75) is 25.3 Å². The summed E-state index contributed by atoms with van der Waals surface area (Å²) in [6.07, 6.45) is 8.80. The van der Waals surface area contributed by atoms with Crippen LogP contribution in [-0.4, -0.2) is 42.4 Å². The van der Waals surface area contributed by atoms with Gasteiger partial charge in [0, 0.05) is 44.6 Å². The number of hydrogen-bond donors (Lipinski definition) is 0. The zero-order chi connectivity index (χ0) is 18.1. The number of hydrogen-bond acceptors (Lipinski definition) is 5. The van der Waals surface area contributed by atoms with Gasteiger partial charge < -0.3 is 14.0 Å². The van der Waals surface area contributed by atoms with Crippen LogP contribution in [0.25, 0.3) is 0 Å². The lowest BCUT2D eigenvalue weighted by Gasteiger charge is -2.33. The lowest BCUT2D eigenvalue weighted by molar-refractivity contribution is 0.469. The fourth-order valence-corrected chi connectivity index (χ4v) is 3.58. The summed E-state index contributed by atoms with van der Waals surface area (Å²) in [6.45, 7) is 2.04. The number of aromatic nitrogens is 6. The van der Waals surface area contributed by atoms with Crippen LogP contribution in [0, 0.1) is 5.82 Å². The summed E-state index contributed by atoms with van der Waals surface area (Å²) in [5, 5.41) is 9.04. The topological polar surface area (TPSA) is 64.7 Å². The molecule has 0 unspecified atom stereocenters. The molecule has 9 heteroatoms. The van der Waals surface area contributed by atoms with Crippen LogP contribution in [0.2, 0.25) is 5.02 Å². The van der Waals surface area contributed by atoms with Crippen molar-refractivity contribution in [3.63, 3.8) is 0 Å². The van der Waals surface area contributed by atoms with Crippen LogP contribution in [0.3, 0.4) is 0 Å². The fraction of sp³-hybridized carbons (Fsp3) is 0.412. The first-order valence-corrected chi connectivity index (χ1v) is 8.89. The molecule has 26 heavy (non-hydrogen) atoms. The highest BCUT2D eigenvalue weighted by Gasteiger charge is 2.28. The first-order chi connectivity index (χ1) is 12.6. The van der Waals surface area contributed by atoms with Crippen LogP contribution in [0.15, 0.2) is 31.0 Å². The van der Waals surface area contributed by atoms with Gasteiger partial charge in [-0.3, -0.25) is 0 Å². The Kier molecular flexibility index (Phi) is 4.58. The normalized spacial score (nSPS) is 17.7. The second-order valence-electron chi connectivity index (χ2n) is 6.51. The van der Waals surface area contributed by atoms with E-state index >= 15 is 0 Å². The van der Waals surface area contributed by atoms with Crippen LogP contribution in [0.5, 0.6) is 0 Å². The predicted octanol–water partition coefficient (Wildman–Crippen LogP) is 2.63. The Morgan fingerprint density at radius 3 is 3.00 bits per heavy atom. The summed E-state index contributed by atoms with van der Waals surface area (Å²) >= 11 is 5.81. The number of anilines is 1. The molecule has 0 N–H and O–H groups in total. The van der Waals surface area contributed by atoms with E-state index in [4.69, 9.17) is 11.6 Å². The van der Waals surface area contributed by atoms with Gasteiger partial charge in [0.25, 0.3) is 0 Å². The van der Waals surface area contributed by atoms with E-state index in [0.29, 0.717) is 23.9 Å². The molecule has 3 aromatic rings. The zero-order valence-corrected chi connectivity index (χ0v) is 15.1. The van der Waals surface area contributed by atoms with E-state index in [2.05, 4.69) is 20.2 Å². The second-order valence-corrected chi connectivity index (χ2v) is 6.95. The van der Waals surface area contributed by atoms with Gasteiger partial charge in [0.05, 0.1) is 17.9 Å². The lowest BCUT2D eigenvalue weighted by atomic mass is 9.97. The maximum atomic E-state index is 14.2. The van der Waals surface area contributed by atoms with Crippen LogP contribution < -0.4 is 4.90 Å². The average molecular weight is 376 g/mol. The predicted molar refractivity (Wildman–Crippen MR) is 95.7 cm³/mol. The number of imidazole rings is 1. The van der Waals surface area contributed by atoms with Crippen LogP contribution in [-0.2, 0) is 13.6 Å².